The van der Waals surface area contributed by atoms with E-state index < -0.39 is 0 Å². The lowest BCUT2D eigenvalue weighted by Crippen LogP contribution is -2.60. The Morgan fingerprint density at radius 2 is 1.62 bits per heavy atom. The summed E-state index contributed by atoms with van der Waals surface area (Å²) in [5.74, 6) is 0.861. The van der Waals surface area contributed by atoms with Crippen molar-refractivity contribution in [2.75, 3.05) is 0 Å². The summed E-state index contributed by atoms with van der Waals surface area (Å²) in [4.78, 5) is 0. The van der Waals surface area contributed by atoms with E-state index in [0.717, 1.165) is 12.3 Å². The summed E-state index contributed by atoms with van der Waals surface area (Å²) < 4.78 is 0. The topological polar surface area (TPSA) is 20.2 Å². The molecular weight excluding hydrogens is 256 g/mol. The third-order valence-corrected chi connectivity index (χ3v) is 9.31. The van der Waals surface area contributed by atoms with Gasteiger partial charge in [0, 0.05) is 0 Å². The zero-order valence-electron chi connectivity index (χ0n) is 14.8. The quantitative estimate of drug-likeness (QED) is 0.652. The molecule has 21 heavy (non-hydrogen) atoms. The molecule has 4 fully saturated rings. The summed E-state index contributed by atoms with van der Waals surface area (Å²) in [7, 11) is 0. The molecule has 0 aromatic heterocycles. The monoisotopic (exact) mass is 290 g/mol. The highest BCUT2D eigenvalue weighted by Gasteiger charge is 2.76. The molecule has 0 heterocycles. The molecule has 0 amide bonds. The third kappa shape index (κ3) is 1.44. The molecule has 6 atom stereocenters. The van der Waals surface area contributed by atoms with Gasteiger partial charge in [0.1, 0.15) is 0 Å². The van der Waals surface area contributed by atoms with Crippen LogP contribution in [-0.2, 0) is 0 Å². The first-order valence-electron chi connectivity index (χ1n) is 9.27. The van der Waals surface area contributed by atoms with Crippen molar-refractivity contribution < 1.29 is 5.11 Å². The zero-order valence-corrected chi connectivity index (χ0v) is 14.8. The number of fused-ring (bicyclic) bond motifs is 2. The van der Waals surface area contributed by atoms with Crippen LogP contribution in [-0.4, -0.2) is 11.2 Å². The average molecular weight is 290 g/mol. The van der Waals surface area contributed by atoms with Gasteiger partial charge in [-0.25, -0.2) is 0 Å². The Morgan fingerprint density at radius 1 is 0.905 bits per heavy atom. The number of hydrogen-bond donors (Lipinski definition) is 1. The van der Waals surface area contributed by atoms with Crippen LogP contribution in [0.25, 0.3) is 0 Å². The first-order valence-corrected chi connectivity index (χ1v) is 9.27. The van der Waals surface area contributed by atoms with Crippen molar-refractivity contribution in [1.29, 1.82) is 0 Å². The van der Waals surface area contributed by atoms with Crippen LogP contribution in [0.2, 0.25) is 0 Å². The minimum Gasteiger partial charge on any atom is -0.393 e. The molecular formula is C20H34O. The van der Waals surface area contributed by atoms with Gasteiger partial charge in [-0.15, -0.1) is 0 Å². The van der Waals surface area contributed by atoms with Crippen molar-refractivity contribution in [3.8, 4) is 0 Å². The normalized spacial score (nSPS) is 61.4. The van der Waals surface area contributed by atoms with E-state index in [1.54, 1.807) is 0 Å². The molecule has 0 aromatic carbocycles. The van der Waals surface area contributed by atoms with E-state index in [1.807, 2.05) is 0 Å². The summed E-state index contributed by atoms with van der Waals surface area (Å²) in [6.45, 7) is 12.6. The van der Waals surface area contributed by atoms with Crippen LogP contribution in [0.3, 0.4) is 0 Å². The smallest absolute Gasteiger partial charge is 0.0599 e. The Kier molecular flexibility index (Phi) is 2.57. The predicted octanol–water partition coefficient (Wildman–Crippen LogP) is 5.17. The first kappa shape index (κ1) is 14.5. The van der Waals surface area contributed by atoms with E-state index in [4.69, 9.17) is 0 Å². The summed E-state index contributed by atoms with van der Waals surface area (Å²) >= 11 is 0. The van der Waals surface area contributed by atoms with Gasteiger partial charge in [0.15, 0.2) is 0 Å². The van der Waals surface area contributed by atoms with Gasteiger partial charge in [-0.2, -0.15) is 0 Å². The largest absolute Gasteiger partial charge is 0.393 e. The highest BCUT2D eigenvalue weighted by Crippen LogP contribution is 2.82. The minimum atomic E-state index is -0.0498. The molecule has 2 bridgehead atoms. The second-order valence-corrected chi connectivity index (χ2v) is 10.7. The average Bonchev–Trinajstić information content (AvgIpc) is 2.73. The molecule has 0 saturated heterocycles. The molecule has 1 heteroatoms. The fourth-order valence-corrected chi connectivity index (χ4v) is 8.48. The predicted molar refractivity (Wildman–Crippen MR) is 87.0 cm³/mol. The maximum absolute atomic E-state index is 10.8. The molecule has 0 unspecified atom stereocenters. The Balaban J connectivity index is 1.86. The molecule has 4 aliphatic rings. The minimum absolute atomic E-state index is 0.0498. The van der Waals surface area contributed by atoms with Crippen LogP contribution in [0.5, 0.6) is 0 Å². The molecule has 0 radical (unpaired) electrons. The second kappa shape index (κ2) is 3.71. The maximum Gasteiger partial charge on any atom is 0.0599 e. The van der Waals surface area contributed by atoms with Crippen molar-refractivity contribution >= 4 is 0 Å². The zero-order chi connectivity index (χ0) is 15.3. The van der Waals surface area contributed by atoms with Crippen LogP contribution < -0.4 is 0 Å². The van der Waals surface area contributed by atoms with E-state index in [2.05, 4.69) is 34.6 Å². The van der Waals surface area contributed by atoms with Crippen LogP contribution in [0.4, 0.5) is 0 Å². The maximum atomic E-state index is 10.8. The van der Waals surface area contributed by atoms with E-state index in [-0.39, 0.29) is 11.5 Å². The molecule has 4 rings (SSSR count). The molecule has 4 saturated carbocycles. The number of aliphatic hydroxyl groups excluding tert-OH is 1. The highest BCUT2D eigenvalue weighted by molar-refractivity contribution is 5.25. The Hall–Kier alpha value is -0.0400. The van der Waals surface area contributed by atoms with Gasteiger partial charge in [-0.1, -0.05) is 41.0 Å². The van der Waals surface area contributed by atoms with Crippen molar-refractivity contribution in [3.05, 3.63) is 0 Å². The van der Waals surface area contributed by atoms with Gasteiger partial charge in [-0.3, -0.25) is 0 Å². The molecule has 0 aromatic rings. The lowest BCUT2D eigenvalue weighted by Gasteiger charge is -2.67. The SMILES string of the molecule is CC1(C)CCC[C@@]2(C)[C@H]1CC[C@@]1(C)C[C@@]3(C)C[C@]12C[C@@H]3O. The van der Waals surface area contributed by atoms with E-state index >= 15 is 0 Å². The second-order valence-electron chi connectivity index (χ2n) is 10.7. The van der Waals surface area contributed by atoms with E-state index in [9.17, 15) is 5.11 Å². The first-order chi connectivity index (χ1) is 9.59. The van der Waals surface area contributed by atoms with E-state index in [0.29, 0.717) is 21.7 Å². The molecule has 0 aliphatic heterocycles. The van der Waals surface area contributed by atoms with Crippen molar-refractivity contribution in [2.24, 2.45) is 33.0 Å². The summed E-state index contributed by atoms with van der Waals surface area (Å²) in [6, 6.07) is 0. The van der Waals surface area contributed by atoms with Crippen molar-refractivity contribution in [2.45, 2.75) is 92.1 Å². The van der Waals surface area contributed by atoms with Gasteiger partial charge >= 0.3 is 0 Å². The van der Waals surface area contributed by atoms with Crippen LogP contribution in [0.15, 0.2) is 0 Å². The van der Waals surface area contributed by atoms with Gasteiger partial charge in [0.05, 0.1) is 6.10 Å². The van der Waals surface area contributed by atoms with Gasteiger partial charge in [-0.05, 0) is 77.9 Å². The summed E-state index contributed by atoms with van der Waals surface area (Å²) in [5, 5.41) is 10.8. The molecule has 4 aliphatic carbocycles. The number of aliphatic hydroxyl groups is 1. The number of hydrogen-bond acceptors (Lipinski definition) is 1. The standard InChI is InChI=1S/C20H34O/c1-16(2)8-6-9-19(5)14(16)7-10-18(4)12-17(3)13-20(18,19)11-15(17)21/h14-15,21H,6-13H2,1-5H3/t14-,15-,17-,18-,19-,20+/m0/s1. The summed E-state index contributed by atoms with van der Waals surface area (Å²) in [5.41, 5.74) is 2.05. The molecule has 1 spiro atoms. The third-order valence-electron chi connectivity index (χ3n) is 9.31. The van der Waals surface area contributed by atoms with E-state index in [1.165, 1.54) is 44.9 Å². The van der Waals surface area contributed by atoms with Gasteiger partial charge in [0.2, 0.25) is 0 Å². The van der Waals surface area contributed by atoms with Gasteiger partial charge < -0.3 is 5.11 Å². The Bertz CT molecular complexity index is 482. The van der Waals surface area contributed by atoms with Gasteiger partial charge in [0.25, 0.3) is 0 Å². The lowest BCUT2D eigenvalue weighted by atomic mass is 9.37. The Labute approximate surface area is 130 Å². The molecule has 120 valence electrons. The van der Waals surface area contributed by atoms with Crippen LogP contribution >= 0.6 is 0 Å². The van der Waals surface area contributed by atoms with Crippen molar-refractivity contribution in [3.63, 3.8) is 0 Å². The molecule has 1 nitrogen and oxygen atoms in total. The van der Waals surface area contributed by atoms with Crippen LogP contribution in [0.1, 0.15) is 86.0 Å². The fraction of sp³-hybridized carbons (Fsp3) is 1.00. The number of rotatable bonds is 0. The Morgan fingerprint density at radius 3 is 2.29 bits per heavy atom. The summed E-state index contributed by atoms with van der Waals surface area (Å²) in [6.07, 6.45) is 10.6. The molecule has 1 N–H and O–H groups in total. The van der Waals surface area contributed by atoms with Crippen molar-refractivity contribution in [1.82, 2.24) is 0 Å². The fourth-order valence-electron chi connectivity index (χ4n) is 8.48. The lowest BCUT2D eigenvalue weighted by molar-refractivity contribution is -0.194. The highest BCUT2D eigenvalue weighted by atomic mass is 16.3. The van der Waals surface area contributed by atoms with Crippen LogP contribution in [0, 0.1) is 33.0 Å².